The average Bonchev–Trinajstić information content (AvgIpc) is 2.83. The highest BCUT2D eigenvalue weighted by Gasteiger charge is 2.21. The van der Waals surface area contributed by atoms with Gasteiger partial charge in [0, 0.05) is 12.7 Å². The van der Waals surface area contributed by atoms with Crippen LogP contribution < -0.4 is 5.43 Å². The molecule has 0 bridgehead atoms. The molecule has 0 spiro atoms. The van der Waals surface area contributed by atoms with Gasteiger partial charge in [-0.15, -0.1) is 0 Å². The fraction of sp³-hybridized carbons (Fsp3) is 0.357. The Kier molecular flexibility index (Phi) is 2.48. The minimum Gasteiger partial charge on any atom is -0.458 e. The van der Waals surface area contributed by atoms with Gasteiger partial charge in [-0.25, -0.2) is 0 Å². The number of benzene rings is 1. The van der Waals surface area contributed by atoms with Gasteiger partial charge in [-0.3, -0.25) is 4.79 Å². The normalized spacial score (nSPS) is 19.9. The molecular formula is C14H14O3. The summed E-state index contributed by atoms with van der Waals surface area (Å²) >= 11 is 0. The maximum absolute atomic E-state index is 12.0. The minimum absolute atomic E-state index is 0.0143. The summed E-state index contributed by atoms with van der Waals surface area (Å²) in [6, 6.07) is 7.23. The van der Waals surface area contributed by atoms with Crippen LogP contribution in [0.3, 0.4) is 0 Å². The van der Waals surface area contributed by atoms with Crippen molar-refractivity contribution in [2.24, 2.45) is 0 Å². The zero-order chi connectivity index (χ0) is 11.8. The Labute approximate surface area is 99.0 Å². The molecule has 0 N–H and O–H groups in total. The number of hydrogen-bond acceptors (Lipinski definition) is 3. The molecule has 1 aromatic carbocycles. The van der Waals surface area contributed by atoms with Crippen molar-refractivity contribution in [1.82, 2.24) is 0 Å². The Balaban J connectivity index is 2.17. The second kappa shape index (κ2) is 4.00. The summed E-state index contributed by atoms with van der Waals surface area (Å²) < 4.78 is 11.3. The van der Waals surface area contributed by atoms with Gasteiger partial charge >= 0.3 is 0 Å². The van der Waals surface area contributed by atoms with Crippen LogP contribution in [0.15, 0.2) is 33.5 Å². The van der Waals surface area contributed by atoms with E-state index in [-0.39, 0.29) is 11.5 Å². The molecule has 1 aliphatic heterocycles. The van der Waals surface area contributed by atoms with Crippen molar-refractivity contribution in [3.05, 3.63) is 45.8 Å². The maximum atomic E-state index is 12.0. The molecule has 1 saturated heterocycles. The van der Waals surface area contributed by atoms with Crippen LogP contribution in [0.4, 0.5) is 0 Å². The molecule has 0 amide bonds. The number of hydrogen-bond donors (Lipinski definition) is 0. The second-order valence-corrected chi connectivity index (χ2v) is 4.51. The van der Waals surface area contributed by atoms with Gasteiger partial charge in [-0.2, -0.15) is 0 Å². The Morgan fingerprint density at radius 3 is 2.94 bits per heavy atom. The summed E-state index contributed by atoms with van der Waals surface area (Å²) in [6.45, 7) is 2.72. The molecule has 17 heavy (non-hydrogen) atoms. The largest absolute Gasteiger partial charge is 0.458 e. The molecule has 3 heteroatoms. The smallest absolute Gasteiger partial charge is 0.193 e. The van der Waals surface area contributed by atoms with Crippen LogP contribution in [0.25, 0.3) is 11.0 Å². The van der Waals surface area contributed by atoms with Crippen molar-refractivity contribution in [1.29, 1.82) is 0 Å². The molecular weight excluding hydrogens is 216 g/mol. The van der Waals surface area contributed by atoms with E-state index in [0.29, 0.717) is 16.7 Å². The summed E-state index contributed by atoms with van der Waals surface area (Å²) in [5.74, 6) is 0.656. The topological polar surface area (TPSA) is 39.4 Å². The van der Waals surface area contributed by atoms with Gasteiger partial charge in [-0.1, -0.05) is 11.6 Å². The fourth-order valence-electron chi connectivity index (χ4n) is 2.25. The van der Waals surface area contributed by atoms with Gasteiger partial charge in [-0.05, 0) is 31.9 Å². The molecule has 2 heterocycles. The van der Waals surface area contributed by atoms with E-state index in [4.69, 9.17) is 9.15 Å². The Hall–Kier alpha value is -1.61. The van der Waals surface area contributed by atoms with E-state index in [1.807, 2.05) is 25.1 Å². The van der Waals surface area contributed by atoms with E-state index in [9.17, 15) is 4.79 Å². The molecule has 2 aromatic rings. The van der Waals surface area contributed by atoms with E-state index >= 15 is 0 Å². The van der Waals surface area contributed by atoms with Gasteiger partial charge in [0.05, 0.1) is 5.39 Å². The first kappa shape index (κ1) is 10.5. The van der Waals surface area contributed by atoms with Crippen molar-refractivity contribution in [3.63, 3.8) is 0 Å². The van der Waals surface area contributed by atoms with Crippen LogP contribution in [0.2, 0.25) is 0 Å². The maximum Gasteiger partial charge on any atom is 0.193 e. The zero-order valence-corrected chi connectivity index (χ0v) is 9.73. The van der Waals surface area contributed by atoms with Crippen LogP contribution in [0, 0.1) is 6.92 Å². The molecule has 0 unspecified atom stereocenters. The van der Waals surface area contributed by atoms with Crippen molar-refractivity contribution >= 4 is 11.0 Å². The lowest BCUT2D eigenvalue weighted by Crippen LogP contribution is -2.05. The van der Waals surface area contributed by atoms with E-state index in [1.54, 1.807) is 6.07 Å². The van der Waals surface area contributed by atoms with Crippen LogP contribution in [0.5, 0.6) is 0 Å². The van der Waals surface area contributed by atoms with Crippen molar-refractivity contribution in [2.75, 3.05) is 6.61 Å². The van der Waals surface area contributed by atoms with Gasteiger partial charge in [0.25, 0.3) is 0 Å². The lowest BCUT2D eigenvalue weighted by Gasteiger charge is -2.09. The molecule has 1 aliphatic rings. The third-order valence-electron chi connectivity index (χ3n) is 3.15. The Morgan fingerprint density at radius 1 is 1.29 bits per heavy atom. The quantitative estimate of drug-likeness (QED) is 0.756. The minimum atomic E-state index is -0.0478. The molecule has 3 rings (SSSR count). The van der Waals surface area contributed by atoms with Gasteiger partial charge in [0.15, 0.2) is 5.43 Å². The van der Waals surface area contributed by atoms with Crippen molar-refractivity contribution in [3.8, 4) is 0 Å². The molecule has 0 saturated carbocycles. The molecule has 0 radical (unpaired) electrons. The number of fused-ring (bicyclic) bond motifs is 1. The van der Waals surface area contributed by atoms with Crippen LogP contribution in [-0.2, 0) is 4.74 Å². The molecule has 88 valence electrons. The lowest BCUT2D eigenvalue weighted by atomic mass is 10.1. The van der Waals surface area contributed by atoms with Crippen LogP contribution in [0.1, 0.15) is 30.3 Å². The third-order valence-corrected chi connectivity index (χ3v) is 3.15. The number of rotatable bonds is 1. The highest BCUT2D eigenvalue weighted by Crippen LogP contribution is 2.29. The van der Waals surface area contributed by atoms with E-state index in [1.165, 1.54) is 0 Å². The van der Waals surface area contributed by atoms with Gasteiger partial charge in [0.1, 0.15) is 17.4 Å². The second-order valence-electron chi connectivity index (χ2n) is 4.51. The summed E-state index contributed by atoms with van der Waals surface area (Å²) in [5.41, 5.74) is 1.73. The summed E-state index contributed by atoms with van der Waals surface area (Å²) in [7, 11) is 0. The Morgan fingerprint density at radius 2 is 2.18 bits per heavy atom. The number of aryl methyl sites for hydroxylation is 1. The molecule has 0 aliphatic carbocycles. The molecule has 1 aromatic heterocycles. The Bertz CT molecular complexity index is 606. The monoisotopic (exact) mass is 230 g/mol. The van der Waals surface area contributed by atoms with Crippen LogP contribution in [-0.4, -0.2) is 6.61 Å². The lowest BCUT2D eigenvalue weighted by molar-refractivity contribution is 0.0940. The van der Waals surface area contributed by atoms with Gasteiger partial charge in [0.2, 0.25) is 0 Å². The molecule has 3 nitrogen and oxygen atoms in total. The number of ether oxygens (including phenoxy) is 1. The van der Waals surface area contributed by atoms with E-state index in [0.717, 1.165) is 25.0 Å². The summed E-state index contributed by atoms with van der Waals surface area (Å²) in [4.78, 5) is 12.0. The van der Waals surface area contributed by atoms with Crippen LogP contribution >= 0.6 is 0 Å². The first-order valence-corrected chi connectivity index (χ1v) is 5.90. The highest BCUT2D eigenvalue weighted by atomic mass is 16.5. The van der Waals surface area contributed by atoms with Gasteiger partial charge < -0.3 is 9.15 Å². The standard InChI is InChI=1S/C14H14O3/c1-9-4-5-12-10(7-9)11(15)8-14(17-12)13-3-2-6-16-13/h4-5,7-8,13H,2-3,6H2,1H3/t13-/m0/s1. The van der Waals surface area contributed by atoms with E-state index in [2.05, 4.69) is 0 Å². The predicted molar refractivity (Wildman–Crippen MR) is 65.1 cm³/mol. The van der Waals surface area contributed by atoms with E-state index < -0.39 is 0 Å². The SMILES string of the molecule is Cc1ccc2oc([C@@H]3CCCO3)cc(=O)c2c1. The van der Waals surface area contributed by atoms with Crippen molar-refractivity contribution in [2.45, 2.75) is 25.9 Å². The predicted octanol–water partition coefficient (Wildman–Crippen LogP) is 2.95. The summed E-state index contributed by atoms with van der Waals surface area (Å²) in [6.07, 6.45) is 1.91. The zero-order valence-electron chi connectivity index (χ0n) is 9.73. The third kappa shape index (κ3) is 1.87. The first-order chi connectivity index (χ1) is 8.24. The fourth-order valence-corrected chi connectivity index (χ4v) is 2.25. The molecule has 1 atom stereocenters. The first-order valence-electron chi connectivity index (χ1n) is 5.90. The average molecular weight is 230 g/mol. The van der Waals surface area contributed by atoms with Crippen molar-refractivity contribution < 1.29 is 9.15 Å². The summed E-state index contributed by atoms with van der Waals surface area (Å²) in [5, 5.41) is 0.645. The molecule has 1 fully saturated rings. The highest BCUT2D eigenvalue weighted by molar-refractivity contribution is 5.77.